The summed E-state index contributed by atoms with van der Waals surface area (Å²) in [5.41, 5.74) is 15.5. The first-order valence-electron chi connectivity index (χ1n) is 27.0. The van der Waals surface area contributed by atoms with Crippen molar-refractivity contribution in [2.45, 2.75) is 152 Å². The van der Waals surface area contributed by atoms with Gasteiger partial charge < -0.3 is 22.9 Å². The number of halogens is 1. The zero-order chi connectivity index (χ0) is 54.6. The predicted molar refractivity (Wildman–Crippen MR) is 303 cm³/mol. The van der Waals surface area contributed by atoms with Gasteiger partial charge in [0.15, 0.2) is 5.78 Å². The predicted octanol–water partition coefficient (Wildman–Crippen LogP) is 7.96. The van der Waals surface area contributed by atoms with E-state index in [1.807, 2.05) is 65.0 Å². The Bertz CT molecular complexity index is 2730. The molecule has 2 aromatic heterocycles. The fourth-order valence-electron chi connectivity index (χ4n) is 10.8. The molecule has 1 saturated heterocycles. The second-order valence-electron chi connectivity index (χ2n) is 20.8. The molecule has 12 nitrogen and oxygen atoms in total. The minimum Gasteiger partial charge on any atom is -0.388 e. The molecule has 3 atom stereocenters. The topological polar surface area (TPSA) is 137 Å². The summed E-state index contributed by atoms with van der Waals surface area (Å²) in [4.78, 5) is 62.9. The van der Waals surface area contributed by atoms with Gasteiger partial charge in [-0.15, -0.1) is 0 Å². The van der Waals surface area contributed by atoms with Crippen LogP contribution in [-0.2, 0) is 21.5 Å². The van der Waals surface area contributed by atoms with Crippen LogP contribution in [0, 0.1) is 32.5 Å². The Morgan fingerprint density at radius 3 is 2.24 bits per heavy atom. The molecule has 3 N–H and O–H groups in total. The number of nitrogens with one attached hydrogen (secondary N) is 1. The van der Waals surface area contributed by atoms with E-state index in [0.29, 0.717) is 23.8 Å². The fraction of sp³-hybridized carbons (Fsp3) is 0.508. The van der Waals surface area contributed by atoms with Gasteiger partial charge in [0.25, 0.3) is 5.56 Å². The number of fused-ring (bicyclic) bond motifs is 1. The van der Waals surface area contributed by atoms with Crippen LogP contribution in [0.1, 0.15) is 152 Å². The van der Waals surface area contributed by atoms with Crippen molar-refractivity contribution >= 4 is 40.6 Å². The van der Waals surface area contributed by atoms with Crippen molar-refractivity contribution in [1.29, 1.82) is 0 Å². The van der Waals surface area contributed by atoms with E-state index in [1.54, 1.807) is 37.0 Å². The van der Waals surface area contributed by atoms with Crippen LogP contribution in [0.3, 0.4) is 0 Å². The number of carbonyl (C=O) groups excluding carboxylic acids is 3. The molecule has 5 heterocycles. The summed E-state index contributed by atoms with van der Waals surface area (Å²) in [5.74, 6) is -0.381. The van der Waals surface area contributed by atoms with Gasteiger partial charge in [-0.25, -0.2) is 4.39 Å². The van der Waals surface area contributed by atoms with E-state index < -0.39 is 17.4 Å². The summed E-state index contributed by atoms with van der Waals surface area (Å²) >= 11 is 0. The third-order valence-electron chi connectivity index (χ3n) is 15.3. The van der Waals surface area contributed by atoms with Crippen LogP contribution in [-0.4, -0.2) is 106 Å². The quantitative estimate of drug-likeness (QED) is 0.0578. The standard InChI is InChI=1S/C31H36N4O2.C28H44FN4O2.C2H6.K/c1-20(18-29-22(3)33-13-9-30(29)35-16-12-27(32-6)19-31(35)37)23(4)34-14-10-25(11-15-34)28-8-7-26(24(5)36)17-21(28)2;1-7-10-20(11-8-2)17-32-13-12-31(16-19(32)4)18-21-14-22-25(15-23(21)29)33(24(9-3)26(30)34)27(35)28(22,5)6;1-2;/h7-10,12-13,16-19,23,32H,11,14-15H2,1-6H3;14-15,19-20,24H,3,7-13,16-18H2,1-2,4-6H3,(H2,30,34);1-2H3;/q;-1;;+1/b20-18+;;;. The molecule has 4 aromatic rings. The number of Topliss-reactive ketones (excluding diaryl/α,β-unsaturated/α-hetero) is 1. The largest absolute Gasteiger partial charge is 1.00 e. The van der Waals surface area contributed by atoms with Gasteiger partial charge in [0.2, 0.25) is 11.8 Å². The number of hydrogen-bond donors (Lipinski definition) is 2. The van der Waals surface area contributed by atoms with Gasteiger partial charge in [0, 0.05) is 111 Å². The fourth-order valence-corrected chi connectivity index (χ4v) is 10.8. The maximum Gasteiger partial charge on any atom is 1.00 e. The monoisotopic (exact) mass is 1050 g/mol. The number of amides is 2. The second kappa shape index (κ2) is 29.0. The van der Waals surface area contributed by atoms with Gasteiger partial charge in [0.1, 0.15) is 5.82 Å². The van der Waals surface area contributed by atoms with Crippen LogP contribution < -0.4 is 72.9 Å². The molecule has 0 radical (unpaired) electrons. The molecule has 0 saturated carbocycles. The number of hydrogen-bond acceptors (Lipinski definition) is 9. The number of aryl methyl sites for hydroxylation is 2. The van der Waals surface area contributed by atoms with E-state index >= 15 is 4.39 Å². The Balaban J connectivity index is 0.000000311. The molecule has 14 heteroatoms. The van der Waals surface area contributed by atoms with Gasteiger partial charge in [-0.3, -0.25) is 43.4 Å². The summed E-state index contributed by atoms with van der Waals surface area (Å²) in [6.45, 7) is 34.5. The van der Waals surface area contributed by atoms with E-state index in [-0.39, 0.29) is 86.9 Å². The Labute approximate surface area is 491 Å². The normalized spacial score (nSPS) is 17.7. The number of benzene rings is 2. The number of primary amides is 1. The van der Waals surface area contributed by atoms with Gasteiger partial charge in [-0.05, 0) is 133 Å². The molecule has 7 rings (SSSR count). The van der Waals surface area contributed by atoms with Gasteiger partial charge in [-0.2, -0.15) is 6.42 Å². The molecule has 3 aliphatic rings. The molecule has 75 heavy (non-hydrogen) atoms. The first-order valence-corrected chi connectivity index (χ1v) is 27.0. The van der Waals surface area contributed by atoms with E-state index in [9.17, 15) is 19.2 Å². The van der Waals surface area contributed by atoms with Crippen LogP contribution in [0.15, 0.2) is 77.4 Å². The molecule has 402 valence electrons. The molecule has 0 bridgehead atoms. The summed E-state index contributed by atoms with van der Waals surface area (Å²) in [5, 5.41) is 3.02. The average molecular weight is 1050 g/mol. The molecule has 3 aliphatic heterocycles. The molecular formula is C61H86FKN8O4. The van der Waals surface area contributed by atoms with Crippen molar-refractivity contribution in [2.24, 2.45) is 11.7 Å². The van der Waals surface area contributed by atoms with E-state index in [2.05, 4.69) is 91.7 Å². The van der Waals surface area contributed by atoms with Crippen molar-refractivity contribution < 1.29 is 70.2 Å². The molecule has 3 unspecified atom stereocenters. The number of ketones is 1. The Kier molecular flexibility index (Phi) is 24.5. The molecule has 0 spiro atoms. The van der Waals surface area contributed by atoms with Gasteiger partial charge in [0.05, 0.1) is 22.8 Å². The SMILES string of the molecule is CC.CNc1ccn(-c2ccnc(C)c2/C=C(\C)C(C)N2CC=C(c3ccc(C(C)=O)cc3C)CC2)c(=O)c1.[CH2-]CC(C(N)=O)N1C(=O)C(C)(C)c2cc(CN3CCN(CC(CCC)CCC)C(C)C3)c(F)cc21.[K+]. The van der Waals surface area contributed by atoms with Crippen LogP contribution in [0.25, 0.3) is 17.3 Å². The Morgan fingerprint density at radius 1 is 0.987 bits per heavy atom. The maximum absolute atomic E-state index is 15.3. The Hall–Kier alpha value is -4.12. The maximum atomic E-state index is 15.3. The van der Waals surface area contributed by atoms with Gasteiger partial charge in [-0.1, -0.05) is 70.4 Å². The summed E-state index contributed by atoms with van der Waals surface area (Å²) in [6, 6.07) is 14.4. The summed E-state index contributed by atoms with van der Waals surface area (Å²) in [6.07, 6.45) is 14.1. The summed E-state index contributed by atoms with van der Waals surface area (Å²) in [7, 11) is 1.80. The number of aromatic nitrogens is 2. The van der Waals surface area contributed by atoms with Gasteiger partial charge >= 0.3 is 51.4 Å². The Morgan fingerprint density at radius 2 is 1.68 bits per heavy atom. The molecule has 0 aliphatic carbocycles. The molecule has 2 amide bonds. The minimum atomic E-state index is -0.883. The third-order valence-corrected chi connectivity index (χ3v) is 15.3. The molecule has 1 fully saturated rings. The first kappa shape index (κ1) is 63.4. The number of piperazine rings is 1. The van der Waals surface area contributed by atoms with Crippen LogP contribution >= 0.6 is 0 Å². The summed E-state index contributed by atoms with van der Waals surface area (Å²) < 4.78 is 17.0. The van der Waals surface area contributed by atoms with E-state index in [4.69, 9.17) is 5.73 Å². The minimum absolute atomic E-state index is 0. The smallest absolute Gasteiger partial charge is 0.388 e. The zero-order valence-electron chi connectivity index (χ0n) is 47.9. The number of pyridine rings is 2. The van der Waals surface area contributed by atoms with Crippen molar-refractivity contribution in [1.82, 2.24) is 24.3 Å². The average Bonchev–Trinajstić information content (AvgIpc) is 3.55. The first-order chi connectivity index (χ1) is 35.2. The van der Waals surface area contributed by atoms with Crippen molar-refractivity contribution in [2.75, 3.05) is 56.5 Å². The number of nitrogens with zero attached hydrogens (tertiary/aromatic N) is 6. The van der Waals surface area contributed by atoms with Crippen molar-refractivity contribution in [3.8, 4) is 5.69 Å². The number of anilines is 2. The van der Waals surface area contributed by atoms with Crippen LogP contribution in [0.5, 0.6) is 0 Å². The molecule has 2 aromatic carbocycles. The van der Waals surface area contributed by atoms with Crippen molar-refractivity contribution in [3.63, 3.8) is 0 Å². The number of nitrogens with two attached hydrogens (primary N) is 1. The van der Waals surface area contributed by atoms with Crippen LogP contribution in [0.4, 0.5) is 15.8 Å². The zero-order valence-corrected chi connectivity index (χ0v) is 51.0. The van der Waals surface area contributed by atoms with E-state index in [1.165, 1.54) is 53.4 Å². The molecular weight excluding hydrogens is 967 g/mol. The van der Waals surface area contributed by atoms with Crippen molar-refractivity contribution in [3.05, 3.63) is 135 Å². The number of rotatable bonds is 18. The second-order valence-corrected chi connectivity index (χ2v) is 20.8. The van der Waals surface area contributed by atoms with E-state index in [0.717, 1.165) is 90.9 Å². The third kappa shape index (κ3) is 15.3. The van der Waals surface area contributed by atoms with Crippen LogP contribution in [0.2, 0.25) is 0 Å². The number of carbonyl (C=O) groups is 3.